The number of H-pyrrole nitrogens is 1. The van der Waals surface area contributed by atoms with Crippen LogP contribution in [0.25, 0.3) is 0 Å². The van der Waals surface area contributed by atoms with Crippen molar-refractivity contribution in [2.75, 3.05) is 17.7 Å². The minimum atomic E-state index is -0.166. The van der Waals surface area contributed by atoms with Crippen LogP contribution in [0.3, 0.4) is 0 Å². The number of hydrogen-bond donors (Lipinski definition) is 3. The third kappa shape index (κ3) is 2.89. The smallest absolute Gasteiger partial charge is 0.257 e. The van der Waals surface area contributed by atoms with Gasteiger partial charge in [-0.1, -0.05) is 0 Å². The van der Waals surface area contributed by atoms with Gasteiger partial charge in [-0.2, -0.15) is 16.9 Å². The van der Waals surface area contributed by atoms with Gasteiger partial charge in [0, 0.05) is 17.5 Å². The van der Waals surface area contributed by atoms with E-state index in [0.29, 0.717) is 11.3 Å². The Morgan fingerprint density at radius 1 is 1.73 bits per heavy atom. The second-order valence-electron chi connectivity index (χ2n) is 3.44. The SMILES string of the molecule is CSCC(C)NC(=O)c1c(N)n[nH]c1C. The molecule has 1 aromatic rings. The molecule has 4 N–H and O–H groups in total. The fourth-order valence-corrected chi connectivity index (χ4v) is 1.91. The molecule has 0 bridgehead atoms. The maximum Gasteiger partial charge on any atom is 0.257 e. The van der Waals surface area contributed by atoms with Gasteiger partial charge in [-0.3, -0.25) is 9.89 Å². The van der Waals surface area contributed by atoms with Crippen molar-refractivity contribution in [1.29, 1.82) is 0 Å². The number of hydrogen-bond acceptors (Lipinski definition) is 4. The van der Waals surface area contributed by atoms with Gasteiger partial charge in [0.2, 0.25) is 0 Å². The van der Waals surface area contributed by atoms with E-state index in [2.05, 4.69) is 15.5 Å². The molecular weight excluding hydrogens is 212 g/mol. The van der Waals surface area contributed by atoms with Crippen LogP contribution in [0.5, 0.6) is 0 Å². The zero-order valence-electron chi connectivity index (χ0n) is 9.13. The first-order valence-corrected chi connectivity index (χ1v) is 6.06. The molecule has 15 heavy (non-hydrogen) atoms. The number of aromatic amines is 1. The van der Waals surface area contributed by atoms with Crippen LogP contribution in [-0.4, -0.2) is 34.2 Å². The van der Waals surface area contributed by atoms with Gasteiger partial charge >= 0.3 is 0 Å². The van der Waals surface area contributed by atoms with Crippen LogP contribution in [-0.2, 0) is 0 Å². The topological polar surface area (TPSA) is 83.8 Å². The summed E-state index contributed by atoms with van der Waals surface area (Å²) in [5, 5.41) is 9.32. The Morgan fingerprint density at radius 3 is 2.87 bits per heavy atom. The largest absolute Gasteiger partial charge is 0.382 e. The molecule has 84 valence electrons. The van der Waals surface area contributed by atoms with Crippen LogP contribution in [0, 0.1) is 6.92 Å². The summed E-state index contributed by atoms with van der Waals surface area (Å²) in [4.78, 5) is 11.8. The first-order chi connectivity index (χ1) is 7.06. The zero-order valence-corrected chi connectivity index (χ0v) is 9.94. The lowest BCUT2D eigenvalue weighted by molar-refractivity contribution is 0.0944. The lowest BCUT2D eigenvalue weighted by Crippen LogP contribution is -2.34. The minimum absolute atomic E-state index is 0.126. The van der Waals surface area contributed by atoms with Crippen molar-refractivity contribution in [2.45, 2.75) is 19.9 Å². The summed E-state index contributed by atoms with van der Waals surface area (Å²) < 4.78 is 0. The van der Waals surface area contributed by atoms with E-state index >= 15 is 0 Å². The quantitative estimate of drug-likeness (QED) is 0.711. The summed E-state index contributed by atoms with van der Waals surface area (Å²) in [5.41, 5.74) is 6.73. The number of carbonyl (C=O) groups excluding carboxylic acids is 1. The van der Waals surface area contributed by atoms with E-state index in [9.17, 15) is 4.79 Å². The minimum Gasteiger partial charge on any atom is -0.382 e. The Balaban J connectivity index is 2.69. The molecule has 1 rings (SSSR count). The summed E-state index contributed by atoms with van der Waals surface area (Å²) in [6.45, 7) is 3.73. The first kappa shape index (κ1) is 11.9. The van der Waals surface area contributed by atoms with E-state index in [1.807, 2.05) is 13.2 Å². The second-order valence-corrected chi connectivity index (χ2v) is 4.35. The van der Waals surface area contributed by atoms with Gasteiger partial charge < -0.3 is 11.1 Å². The number of thioether (sulfide) groups is 1. The van der Waals surface area contributed by atoms with Crippen LogP contribution >= 0.6 is 11.8 Å². The molecule has 1 heterocycles. The fraction of sp³-hybridized carbons (Fsp3) is 0.556. The molecule has 0 fully saturated rings. The van der Waals surface area contributed by atoms with Crippen molar-refractivity contribution >= 4 is 23.5 Å². The Morgan fingerprint density at radius 2 is 2.40 bits per heavy atom. The van der Waals surface area contributed by atoms with Gasteiger partial charge in [0.25, 0.3) is 5.91 Å². The summed E-state index contributed by atoms with van der Waals surface area (Å²) in [6.07, 6.45) is 2.00. The number of nitrogens with two attached hydrogens (primary N) is 1. The maximum atomic E-state index is 11.8. The predicted octanol–water partition coefficient (Wildman–Crippen LogP) is 0.782. The summed E-state index contributed by atoms with van der Waals surface area (Å²) in [7, 11) is 0. The predicted molar refractivity (Wildman–Crippen MR) is 63.0 cm³/mol. The number of nitrogen functional groups attached to an aromatic ring is 1. The third-order valence-electron chi connectivity index (χ3n) is 2.00. The highest BCUT2D eigenvalue weighted by Gasteiger charge is 2.17. The summed E-state index contributed by atoms with van der Waals surface area (Å²) >= 11 is 1.69. The van der Waals surface area contributed by atoms with Gasteiger partial charge in [-0.25, -0.2) is 0 Å². The van der Waals surface area contributed by atoms with Crippen molar-refractivity contribution in [3.8, 4) is 0 Å². The normalized spacial score (nSPS) is 12.5. The van der Waals surface area contributed by atoms with Crippen LogP contribution in [0.2, 0.25) is 0 Å². The highest BCUT2D eigenvalue weighted by Crippen LogP contribution is 2.12. The Bertz CT molecular complexity index is 330. The van der Waals surface area contributed by atoms with Gasteiger partial charge in [0.05, 0.1) is 0 Å². The number of nitrogens with one attached hydrogen (secondary N) is 2. The number of rotatable bonds is 4. The molecule has 0 aliphatic heterocycles. The van der Waals surface area contributed by atoms with Crippen LogP contribution in [0.15, 0.2) is 0 Å². The van der Waals surface area contributed by atoms with Crippen molar-refractivity contribution in [3.63, 3.8) is 0 Å². The van der Waals surface area contributed by atoms with E-state index in [4.69, 9.17) is 5.73 Å². The highest BCUT2D eigenvalue weighted by atomic mass is 32.2. The fourth-order valence-electron chi connectivity index (χ4n) is 1.32. The van der Waals surface area contributed by atoms with Crippen LogP contribution in [0.4, 0.5) is 5.82 Å². The molecule has 0 radical (unpaired) electrons. The molecule has 0 aromatic carbocycles. The molecule has 0 saturated heterocycles. The molecule has 0 aliphatic rings. The van der Waals surface area contributed by atoms with Crippen molar-refractivity contribution < 1.29 is 4.79 Å². The number of amides is 1. The molecule has 1 aromatic heterocycles. The third-order valence-corrected chi connectivity index (χ3v) is 2.83. The van der Waals surface area contributed by atoms with Gasteiger partial charge in [-0.05, 0) is 20.1 Å². The highest BCUT2D eigenvalue weighted by molar-refractivity contribution is 7.98. The molecule has 0 saturated carbocycles. The molecule has 0 aliphatic carbocycles. The van der Waals surface area contributed by atoms with Crippen LogP contribution < -0.4 is 11.1 Å². The van der Waals surface area contributed by atoms with Gasteiger partial charge in [0.1, 0.15) is 5.56 Å². The van der Waals surface area contributed by atoms with Crippen molar-refractivity contribution in [3.05, 3.63) is 11.3 Å². The van der Waals surface area contributed by atoms with E-state index in [1.54, 1.807) is 18.7 Å². The molecule has 1 amide bonds. The van der Waals surface area contributed by atoms with Gasteiger partial charge in [-0.15, -0.1) is 0 Å². The molecule has 1 unspecified atom stereocenters. The van der Waals surface area contributed by atoms with Crippen LogP contribution in [0.1, 0.15) is 23.0 Å². The monoisotopic (exact) mass is 228 g/mol. The average Bonchev–Trinajstić information content (AvgIpc) is 2.46. The number of carbonyl (C=O) groups is 1. The average molecular weight is 228 g/mol. The standard InChI is InChI=1S/C9H16N4OS/c1-5(4-15-3)11-9(14)7-6(2)12-13-8(7)10/h5H,4H2,1-3H3,(H,11,14)(H3,10,12,13). The first-order valence-electron chi connectivity index (χ1n) is 4.66. The Hall–Kier alpha value is -1.17. The number of nitrogens with zero attached hydrogens (tertiary/aromatic N) is 1. The number of anilines is 1. The molecule has 5 nitrogen and oxygen atoms in total. The molecular formula is C9H16N4OS. The summed E-state index contributed by atoms with van der Waals surface area (Å²) in [6, 6.07) is 0.126. The van der Waals surface area contributed by atoms with Crippen molar-refractivity contribution in [1.82, 2.24) is 15.5 Å². The number of aryl methyl sites for hydroxylation is 1. The maximum absolute atomic E-state index is 11.8. The zero-order chi connectivity index (χ0) is 11.4. The van der Waals surface area contributed by atoms with E-state index < -0.39 is 0 Å². The van der Waals surface area contributed by atoms with E-state index in [-0.39, 0.29) is 17.8 Å². The lowest BCUT2D eigenvalue weighted by atomic mass is 10.2. The lowest BCUT2D eigenvalue weighted by Gasteiger charge is -2.12. The Kier molecular flexibility index (Phi) is 4.02. The van der Waals surface area contributed by atoms with E-state index in [1.165, 1.54) is 0 Å². The Labute approximate surface area is 93.2 Å². The molecule has 1 atom stereocenters. The molecule has 6 heteroatoms. The van der Waals surface area contributed by atoms with E-state index in [0.717, 1.165) is 5.75 Å². The van der Waals surface area contributed by atoms with Crippen molar-refractivity contribution in [2.24, 2.45) is 0 Å². The number of aromatic nitrogens is 2. The van der Waals surface area contributed by atoms with Gasteiger partial charge in [0.15, 0.2) is 5.82 Å². The second kappa shape index (κ2) is 5.06. The summed E-state index contributed by atoms with van der Waals surface area (Å²) in [5.74, 6) is 0.962. The molecule has 0 spiro atoms.